The van der Waals surface area contributed by atoms with Crippen LogP contribution in [0.4, 0.5) is 5.69 Å². The highest BCUT2D eigenvalue weighted by molar-refractivity contribution is 5.90. The molecule has 0 unspecified atom stereocenters. The van der Waals surface area contributed by atoms with Crippen molar-refractivity contribution in [1.82, 2.24) is 34.8 Å². The first kappa shape index (κ1) is 19.6. The lowest BCUT2D eigenvalue weighted by Crippen LogP contribution is -2.20. The first-order valence-corrected chi connectivity index (χ1v) is 10.2. The molecule has 0 saturated carbocycles. The number of fused-ring (bicyclic) bond motifs is 1. The number of nitrogens with zero attached hydrogens (tertiary/aromatic N) is 7. The van der Waals surface area contributed by atoms with Gasteiger partial charge in [-0.2, -0.15) is 4.80 Å². The van der Waals surface area contributed by atoms with Crippen LogP contribution in [0.5, 0.6) is 0 Å². The van der Waals surface area contributed by atoms with E-state index in [1.807, 2.05) is 84.3 Å². The summed E-state index contributed by atoms with van der Waals surface area (Å²) in [6, 6.07) is 21.3. The molecule has 0 atom stereocenters. The van der Waals surface area contributed by atoms with Crippen LogP contribution in [0.15, 0.2) is 72.9 Å². The monoisotopic (exact) mass is 424 g/mol. The van der Waals surface area contributed by atoms with E-state index in [9.17, 15) is 4.79 Å². The Hall–Kier alpha value is -4.40. The van der Waals surface area contributed by atoms with E-state index >= 15 is 0 Å². The van der Waals surface area contributed by atoms with Gasteiger partial charge < -0.3 is 5.32 Å². The average molecular weight is 424 g/mol. The third-order valence-corrected chi connectivity index (χ3v) is 5.03. The van der Waals surface area contributed by atoms with Gasteiger partial charge in [-0.1, -0.05) is 48.0 Å². The van der Waals surface area contributed by atoms with E-state index in [0.717, 1.165) is 28.2 Å². The van der Waals surface area contributed by atoms with Gasteiger partial charge in [0, 0.05) is 23.9 Å². The zero-order chi connectivity index (χ0) is 21.9. The molecule has 0 aliphatic heterocycles. The molecule has 1 N–H and O–H groups in total. The van der Waals surface area contributed by atoms with Crippen LogP contribution in [0.3, 0.4) is 0 Å². The predicted octanol–water partition coefficient (Wildman–Crippen LogP) is 2.92. The molecule has 0 fully saturated rings. The number of rotatable bonds is 6. The fourth-order valence-electron chi connectivity index (χ4n) is 3.36. The van der Waals surface area contributed by atoms with Crippen molar-refractivity contribution in [2.45, 2.75) is 19.9 Å². The fourth-order valence-corrected chi connectivity index (χ4v) is 3.36. The zero-order valence-corrected chi connectivity index (χ0v) is 17.4. The molecule has 3 heterocycles. The Kier molecular flexibility index (Phi) is 5.12. The second-order valence-electron chi connectivity index (χ2n) is 7.48. The van der Waals surface area contributed by atoms with E-state index in [-0.39, 0.29) is 12.5 Å². The maximum absolute atomic E-state index is 12.4. The Morgan fingerprint density at radius 1 is 0.938 bits per heavy atom. The Morgan fingerprint density at radius 3 is 2.56 bits per heavy atom. The van der Waals surface area contributed by atoms with E-state index < -0.39 is 0 Å². The molecule has 5 rings (SSSR count). The van der Waals surface area contributed by atoms with Crippen LogP contribution in [0.25, 0.3) is 17.0 Å². The van der Waals surface area contributed by atoms with E-state index in [2.05, 4.69) is 30.9 Å². The highest BCUT2D eigenvalue weighted by Gasteiger charge is 2.10. The molecule has 158 valence electrons. The molecule has 0 saturated heterocycles. The van der Waals surface area contributed by atoms with Crippen LogP contribution < -0.4 is 5.32 Å². The van der Waals surface area contributed by atoms with E-state index in [1.165, 1.54) is 4.80 Å². The maximum atomic E-state index is 12.4. The molecule has 32 heavy (non-hydrogen) atoms. The van der Waals surface area contributed by atoms with Gasteiger partial charge in [-0.3, -0.25) is 9.20 Å². The summed E-state index contributed by atoms with van der Waals surface area (Å²) in [5.74, 6) is 1.12. The maximum Gasteiger partial charge on any atom is 0.248 e. The van der Waals surface area contributed by atoms with Gasteiger partial charge in [-0.05, 0) is 42.0 Å². The summed E-state index contributed by atoms with van der Waals surface area (Å²) in [4.78, 5) is 13.7. The van der Waals surface area contributed by atoms with Crippen molar-refractivity contribution in [2.75, 3.05) is 5.32 Å². The minimum Gasteiger partial charge on any atom is -0.324 e. The van der Waals surface area contributed by atoms with Gasteiger partial charge in [0.1, 0.15) is 12.4 Å². The Labute approximate surface area is 183 Å². The van der Waals surface area contributed by atoms with Crippen molar-refractivity contribution in [3.63, 3.8) is 0 Å². The Morgan fingerprint density at radius 2 is 1.75 bits per heavy atom. The molecular formula is C23H20N8O. The average Bonchev–Trinajstić information content (AvgIpc) is 3.43. The molecule has 3 aromatic heterocycles. The lowest BCUT2D eigenvalue weighted by Gasteiger charge is -2.06. The largest absolute Gasteiger partial charge is 0.324 e. The number of benzene rings is 2. The van der Waals surface area contributed by atoms with Gasteiger partial charge >= 0.3 is 0 Å². The molecule has 9 heteroatoms. The van der Waals surface area contributed by atoms with Crippen LogP contribution in [0.1, 0.15) is 17.0 Å². The first-order chi connectivity index (χ1) is 15.6. The van der Waals surface area contributed by atoms with Crippen molar-refractivity contribution < 1.29 is 4.79 Å². The third kappa shape index (κ3) is 4.22. The van der Waals surface area contributed by atoms with Crippen LogP contribution in [0, 0.1) is 6.92 Å². The van der Waals surface area contributed by atoms with Crippen LogP contribution in [-0.4, -0.2) is 40.7 Å². The zero-order valence-electron chi connectivity index (χ0n) is 17.4. The third-order valence-electron chi connectivity index (χ3n) is 5.03. The number of hydrogen-bond acceptors (Lipinski definition) is 6. The van der Waals surface area contributed by atoms with Gasteiger partial charge in [0.25, 0.3) is 0 Å². The molecule has 9 nitrogen and oxygen atoms in total. The number of anilines is 1. The summed E-state index contributed by atoms with van der Waals surface area (Å²) in [5.41, 5.74) is 4.60. The lowest BCUT2D eigenvalue weighted by molar-refractivity contribution is -0.117. The summed E-state index contributed by atoms with van der Waals surface area (Å²) < 4.78 is 1.96. The number of tetrazole rings is 1. The Balaban J connectivity index is 1.20. The van der Waals surface area contributed by atoms with Crippen molar-refractivity contribution in [3.05, 3.63) is 89.9 Å². The number of amides is 1. The molecule has 1 amide bonds. The SMILES string of the molecule is Cc1ccc(-c2nnn(CC(=O)Nc3ccc(Cc4nnc5ccccn45)cc3)n2)cc1. The topological polar surface area (TPSA) is 103 Å². The fraction of sp³-hybridized carbons (Fsp3) is 0.130. The van der Waals surface area contributed by atoms with E-state index in [0.29, 0.717) is 17.9 Å². The van der Waals surface area contributed by atoms with Gasteiger partial charge in [0.05, 0.1) is 0 Å². The van der Waals surface area contributed by atoms with Gasteiger partial charge in [-0.15, -0.1) is 20.4 Å². The van der Waals surface area contributed by atoms with Crippen LogP contribution in [-0.2, 0) is 17.8 Å². The number of carbonyl (C=O) groups is 1. The summed E-state index contributed by atoms with van der Waals surface area (Å²) in [6.07, 6.45) is 2.59. The second-order valence-corrected chi connectivity index (χ2v) is 7.48. The van der Waals surface area contributed by atoms with E-state index in [1.54, 1.807) is 0 Å². The van der Waals surface area contributed by atoms with Crippen molar-refractivity contribution in [2.24, 2.45) is 0 Å². The molecule has 0 aliphatic rings. The normalized spacial score (nSPS) is 11.0. The minimum absolute atomic E-state index is 0.0215. The van der Waals surface area contributed by atoms with Crippen molar-refractivity contribution in [3.8, 4) is 11.4 Å². The summed E-state index contributed by atoms with van der Waals surface area (Å²) in [7, 11) is 0. The molecule has 0 aliphatic carbocycles. The highest BCUT2D eigenvalue weighted by Crippen LogP contribution is 2.15. The smallest absolute Gasteiger partial charge is 0.248 e. The van der Waals surface area contributed by atoms with Crippen LogP contribution in [0.2, 0.25) is 0 Å². The predicted molar refractivity (Wildman–Crippen MR) is 119 cm³/mol. The quantitative estimate of drug-likeness (QED) is 0.450. The number of aryl methyl sites for hydroxylation is 1. The lowest BCUT2D eigenvalue weighted by atomic mass is 10.1. The number of carbonyl (C=O) groups excluding carboxylic acids is 1. The summed E-state index contributed by atoms with van der Waals surface area (Å²) >= 11 is 0. The first-order valence-electron chi connectivity index (χ1n) is 10.2. The standard InChI is InChI=1S/C23H20N8O/c1-16-5-9-18(10-6-16)23-27-29-31(28-23)15-22(32)24-19-11-7-17(8-12-19)14-21-26-25-20-4-2-3-13-30(20)21/h2-13H,14-15H2,1H3,(H,24,32). The van der Waals surface area contributed by atoms with Crippen LogP contribution >= 0.6 is 0 Å². The molecule has 0 radical (unpaired) electrons. The molecule has 2 aromatic carbocycles. The minimum atomic E-state index is -0.228. The number of nitrogens with one attached hydrogen (secondary N) is 1. The summed E-state index contributed by atoms with van der Waals surface area (Å²) in [6.45, 7) is 1.99. The second kappa shape index (κ2) is 8.38. The summed E-state index contributed by atoms with van der Waals surface area (Å²) in [5, 5.41) is 23.6. The Bertz CT molecular complexity index is 1370. The highest BCUT2D eigenvalue weighted by atomic mass is 16.2. The van der Waals surface area contributed by atoms with Gasteiger partial charge in [0.2, 0.25) is 11.7 Å². The van der Waals surface area contributed by atoms with Crippen molar-refractivity contribution >= 4 is 17.2 Å². The number of pyridine rings is 1. The number of hydrogen-bond donors (Lipinski definition) is 1. The van der Waals surface area contributed by atoms with Crippen molar-refractivity contribution in [1.29, 1.82) is 0 Å². The number of aromatic nitrogens is 7. The van der Waals surface area contributed by atoms with Gasteiger partial charge in [-0.25, -0.2) is 0 Å². The molecule has 0 spiro atoms. The molecular weight excluding hydrogens is 404 g/mol. The van der Waals surface area contributed by atoms with Gasteiger partial charge in [0.15, 0.2) is 5.65 Å². The molecule has 0 bridgehead atoms. The molecule has 5 aromatic rings. The van der Waals surface area contributed by atoms with E-state index in [4.69, 9.17) is 0 Å².